The van der Waals surface area contributed by atoms with E-state index in [0.717, 1.165) is 0 Å². The van der Waals surface area contributed by atoms with Crippen molar-refractivity contribution < 1.29 is 0 Å². The van der Waals surface area contributed by atoms with Crippen LogP contribution in [0, 0.1) is 0 Å². The van der Waals surface area contributed by atoms with Crippen LogP contribution in [-0.2, 0) is 0 Å². The molecule has 0 N–H and O–H groups in total. The van der Waals surface area contributed by atoms with Gasteiger partial charge in [-0.05, 0) is 34.4 Å². The predicted molar refractivity (Wildman–Crippen MR) is 55.9 cm³/mol. The summed E-state index contributed by atoms with van der Waals surface area (Å²) in [5, 5.41) is 3.51. The van der Waals surface area contributed by atoms with E-state index >= 15 is 0 Å². The Labute approximate surface area is 76.8 Å². The van der Waals surface area contributed by atoms with E-state index in [9.17, 15) is 0 Å². The first-order valence-corrected chi connectivity index (χ1v) is 5.12. The lowest BCUT2D eigenvalue weighted by Gasteiger charge is -2.03. The second-order valence-corrected chi connectivity index (χ2v) is 4.32. The molecule has 2 rings (SSSR count). The van der Waals surface area contributed by atoms with Gasteiger partial charge >= 0.3 is 0 Å². The first-order chi connectivity index (χ1) is 5.77. The summed E-state index contributed by atoms with van der Waals surface area (Å²) in [5.41, 5.74) is 1.44. The first kappa shape index (κ1) is 7.81. The molecule has 1 aromatic heterocycles. The van der Waals surface area contributed by atoms with Gasteiger partial charge in [0.15, 0.2) is 0 Å². The molecule has 0 fully saturated rings. The third-order valence-corrected chi connectivity index (χ3v) is 3.03. The molecular formula is C11H12S. The van der Waals surface area contributed by atoms with Crippen LogP contribution < -0.4 is 0 Å². The van der Waals surface area contributed by atoms with E-state index in [-0.39, 0.29) is 0 Å². The standard InChI is InChI=1S/C11H12S/c1-8(2)10-4-3-9-5-6-12-11(9)7-10/h3-8H,1-2H3. The minimum atomic E-state index is 0.636. The van der Waals surface area contributed by atoms with Crippen molar-refractivity contribution in [1.29, 1.82) is 0 Å². The van der Waals surface area contributed by atoms with E-state index in [2.05, 4.69) is 43.5 Å². The molecule has 0 unspecified atom stereocenters. The smallest absolute Gasteiger partial charge is 0.0345 e. The Morgan fingerprint density at radius 3 is 2.75 bits per heavy atom. The van der Waals surface area contributed by atoms with E-state index in [1.165, 1.54) is 15.6 Å². The highest BCUT2D eigenvalue weighted by molar-refractivity contribution is 7.17. The summed E-state index contributed by atoms with van der Waals surface area (Å²) in [6.07, 6.45) is 0. The fourth-order valence-corrected chi connectivity index (χ4v) is 2.17. The van der Waals surface area contributed by atoms with E-state index in [1.54, 1.807) is 0 Å². The molecule has 0 radical (unpaired) electrons. The first-order valence-electron chi connectivity index (χ1n) is 4.24. The van der Waals surface area contributed by atoms with Gasteiger partial charge in [0.1, 0.15) is 0 Å². The zero-order valence-electron chi connectivity index (χ0n) is 7.37. The topological polar surface area (TPSA) is 0 Å². The molecular weight excluding hydrogens is 164 g/mol. The van der Waals surface area contributed by atoms with E-state index < -0.39 is 0 Å². The largest absolute Gasteiger partial charge is 0.144 e. The summed E-state index contributed by atoms with van der Waals surface area (Å²) in [5.74, 6) is 0.636. The van der Waals surface area contributed by atoms with Gasteiger partial charge < -0.3 is 0 Å². The Bertz CT molecular complexity index is 385. The van der Waals surface area contributed by atoms with Crippen molar-refractivity contribution in [3.63, 3.8) is 0 Å². The van der Waals surface area contributed by atoms with Gasteiger partial charge in [-0.25, -0.2) is 0 Å². The molecule has 62 valence electrons. The van der Waals surface area contributed by atoms with Crippen molar-refractivity contribution in [2.45, 2.75) is 19.8 Å². The van der Waals surface area contributed by atoms with Crippen molar-refractivity contribution in [2.75, 3.05) is 0 Å². The van der Waals surface area contributed by atoms with E-state index in [0.29, 0.717) is 5.92 Å². The second-order valence-electron chi connectivity index (χ2n) is 3.37. The fraction of sp³-hybridized carbons (Fsp3) is 0.273. The van der Waals surface area contributed by atoms with Crippen LogP contribution in [0.1, 0.15) is 25.3 Å². The molecule has 0 saturated carbocycles. The molecule has 0 atom stereocenters. The van der Waals surface area contributed by atoms with Gasteiger partial charge in [-0.2, -0.15) is 0 Å². The summed E-state index contributed by atoms with van der Waals surface area (Å²) >= 11 is 1.82. The number of benzene rings is 1. The average molecular weight is 176 g/mol. The third-order valence-electron chi connectivity index (χ3n) is 2.15. The van der Waals surface area contributed by atoms with E-state index in [1.807, 2.05) is 11.3 Å². The van der Waals surface area contributed by atoms with Crippen LogP contribution in [0.25, 0.3) is 10.1 Å². The maximum absolute atomic E-state index is 2.30. The number of hydrogen-bond donors (Lipinski definition) is 0. The molecule has 12 heavy (non-hydrogen) atoms. The average Bonchev–Trinajstić information content (AvgIpc) is 2.49. The normalized spacial score (nSPS) is 11.2. The number of rotatable bonds is 1. The number of thiophene rings is 1. The zero-order chi connectivity index (χ0) is 8.55. The van der Waals surface area contributed by atoms with Crippen LogP contribution in [-0.4, -0.2) is 0 Å². The van der Waals surface area contributed by atoms with Gasteiger partial charge in [-0.15, -0.1) is 11.3 Å². The van der Waals surface area contributed by atoms with Crippen molar-refractivity contribution in [2.24, 2.45) is 0 Å². The Hall–Kier alpha value is -0.820. The maximum atomic E-state index is 2.30. The molecule has 0 saturated heterocycles. The van der Waals surface area contributed by atoms with Gasteiger partial charge in [-0.1, -0.05) is 26.0 Å². The SMILES string of the molecule is CC(C)c1ccc2ccsc2c1. The molecule has 2 aromatic rings. The molecule has 0 aliphatic carbocycles. The highest BCUT2D eigenvalue weighted by atomic mass is 32.1. The fourth-order valence-electron chi connectivity index (χ4n) is 1.33. The predicted octanol–water partition coefficient (Wildman–Crippen LogP) is 4.02. The number of hydrogen-bond acceptors (Lipinski definition) is 1. The van der Waals surface area contributed by atoms with Gasteiger partial charge in [0, 0.05) is 4.70 Å². The molecule has 0 bridgehead atoms. The van der Waals surface area contributed by atoms with Crippen LogP contribution in [0.15, 0.2) is 29.6 Å². The van der Waals surface area contributed by atoms with Crippen molar-refractivity contribution in [3.05, 3.63) is 35.2 Å². The van der Waals surface area contributed by atoms with Crippen LogP contribution in [0.4, 0.5) is 0 Å². The Balaban J connectivity index is 2.60. The molecule has 0 aliphatic heterocycles. The lowest BCUT2D eigenvalue weighted by molar-refractivity contribution is 0.869. The Morgan fingerprint density at radius 1 is 1.17 bits per heavy atom. The van der Waals surface area contributed by atoms with E-state index in [4.69, 9.17) is 0 Å². The second kappa shape index (κ2) is 2.91. The van der Waals surface area contributed by atoms with Gasteiger partial charge in [0.05, 0.1) is 0 Å². The minimum absolute atomic E-state index is 0.636. The summed E-state index contributed by atoms with van der Waals surface area (Å²) in [4.78, 5) is 0. The minimum Gasteiger partial charge on any atom is -0.144 e. The monoisotopic (exact) mass is 176 g/mol. The van der Waals surface area contributed by atoms with Gasteiger partial charge in [0.25, 0.3) is 0 Å². The molecule has 0 amide bonds. The summed E-state index contributed by atoms with van der Waals surface area (Å²) in [7, 11) is 0. The summed E-state index contributed by atoms with van der Waals surface area (Å²) in [6.45, 7) is 4.46. The van der Waals surface area contributed by atoms with Crippen molar-refractivity contribution in [1.82, 2.24) is 0 Å². The molecule has 0 aliphatic rings. The molecule has 0 nitrogen and oxygen atoms in total. The third kappa shape index (κ3) is 1.25. The molecule has 1 aromatic carbocycles. The van der Waals surface area contributed by atoms with Gasteiger partial charge in [0.2, 0.25) is 0 Å². The Morgan fingerprint density at radius 2 is 2.00 bits per heavy atom. The molecule has 0 spiro atoms. The summed E-state index contributed by atoms with van der Waals surface area (Å²) < 4.78 is 1.40. The lowest BCUT2D eigenvalue weighted by atomic mass is 10.0. The van der Waals surface area contributed by atoms with Crippen molar-refractivity contribution in [3.8, 4) is 0 Å². The van der Waals surface area contributed by atoms with Crippen LogP contribution in [0.5, 0.6) is 0 Å². The van der Waals surface area contributed by atoms with Crippen molar-refractivity contribution >= 4 is 21.4 Å². The molecule has 1 heteroatoms. The Kier molecular flexibility index (Phi) is 1.89. The van der Waals surface area contributed by atoms with Crippen LogP contribution in [0.3, 0.4) is 0 Å². The zero-order valence-corrected chi connectivity index (χ0v) is 8.19. The maximum Gasteiger partial charge on any atom is 0.0345 e. The summed E-state index contributed by atoms with van der Waals surface area (Å²) in [6, 6.07) is 8.90. The highest BCUT2D eigenvalue weighted by Crippen LogP contribution is 2.25. The highest BCUT2D eigenvalue weighted by Gasteiger charge is 2.00. The van der Waals surface area contributed by atoms with Crippen LogP contribution in [0.2, 0.25) is 0 Å². The quantitative estimate of drug-likeness (QED) is 0.615. The number of fused-ring (bicyclic) bond motifs is 1. The van der Waals surface area contributed by atoms with Gasteiger partial charge in [-0.3, -0.25) is 0 Å². The van der Waals surface area contributed by atoms with Crippen LogP contribution >= 0.6 is 11.3 Å². The molecule has 1 heterocycles. The lowest BCUT2D eigenvalue weighted by Crippen LogP contribution is -1.84.